The predicted octanol–water partition coefficient (Wildman–Crippen LogP) is 3.37. The van der Waals surface area contributed by atoms with Gasteiger partial charge in [0.05, 0.1) is 0 Å². The zero-order chi connectivity index (χ0) is 21.8. The molecule has 1 aromatic heterocycles. The van der Waals surface area contributed by atoms with Crippen LogP contribution in [0, 0.1) is 28.8 Å². The minimum atomic E-state index is -1.12. The summed E-state index contributed by atoms with van der Waals surface area (Å²) in [5.41, 5.74) is 0.361. The van der Waals surface area contributed by atoms with E-state index >= 15 is 0 Å². The summed E-state index contributed by atoms with van der Waals surface area (Å²) in [6.07, 6.45) is 2.58. The highest BCUT2D eigenvalue weighted by Gasteiger charge is 2.15. The predicted molar refractivity (Wildman–Crippen MR) is 101 cm³/mol. The van der Waals surface area contributed by atoms with Gasteiger partial charge in [0, 0.05) is 40.8 Å². The smallest absolute Gasteiger partial charge is 0.323 e. The van der Waals surface area contributed by atoms with Gasteiger partial charge in [-0.25, -0.2) is 13.2 Å². The van der Waals surface area contributed by atoms with E-state index in [1.165, 1.54) is 41.1 Å². The van der Waals surface area contributed by atoms with Crippen LogP contribution >= 0.6 is 0 Å². The second kappa shape index (κ2) is 8.53. The molecular formula is C21H14F3N3O3. The molecule has 3 rings (SSSR count). The fraction of sp³-hybridized carbons (Fsp3) is 0.0952. The number of carboxylic acids is 1. The Hall–Kier alpha value is -4.06. The number of aromatic nitrogens is 1. The number of hydrogen-bond donors (Lipinski definition) is 2. The first-order chi connectivity index (χ1) is 14.3. The van der Waals surface area contributed by atoms with Gasteiger partial charge in [-0.2, -0.15) is 5.26 Å². The molecule has 0 saturated carbocycles. The molecule has 0 unspecified atom stereocenters. The molecule has 0 spiro atoms. The molecule has 0 bridgehead atoms. The monoisotopic (exact) mass is 413 g/mol. The van der Waals surface area contributed by atoms with E-state index in [4.69, 9.17) is 5.11 Å². The summed E-state index contributed by atoms with van der Waals surface area (Å²) in [4.78, 5) is 23.4. The Labute approximate surface area is 168 Å². The van der Waals surface area contributed by atoms with Gasteiger partial charge in [0.2, 0.25) is 0 Å². The second-order valence-corrected chi connectivity index (χ2v) is 6.36. The van der Waals surface area contributed by atoms with Crippen LogP contribution in [-0.4, -0.2) is 21.6 Å². The number of hydrogen-bond acceptors (Lipinski definition) is 3. The van der Waals surface area contributed by atoms with E-state index in [2.05, 4.69) is 5.32 Å². The standard InChI is InChI=1S/C21H14F3N3O3/c22-15-3-4-19-17(6-15)14(10-27(19)11-20(28)29)5-13(8-25)21(30)26-9-12-1-2-16(23)7-18(12)24/h1-7,10H,9,11H2,(H,26,30)(H,28,29)/b13-5+. The Bertz CT molecular complexity index is 1230. The fourth-order valence-electron chi connectivity index (χ4n) is 2.93. The molecule has 1 amide bonds. The topological polar surface area (TPSA) is 95.1 Å². The van der Waals surface area contributed by atoms with Crippen LogP contribution in [0.5, 0.6) is 0 Å². The first-order valence-electron chi connectivity index (χ1n) is 8.62. The van der Waals surface area contributed by atoms with Crippen molar-refractivity contribution in [2.75, 3.05) is 0 Å². The highest BCUT2D eigenvalue weighted by atomic mass is 19.1. The van der Waals surface area contributed by atoms with Crippen molar-refractivity contribution in [1.82, 2.24) is 9.88 Å². The van der Waals surface area contributed by atoms with Crippen LogP contribution in [0.25, 0.3) is 17.0 Å². The number of carbonyl (C=O) groups excluding carboxylic acids is 1. The van der Waals surface area contributed by atoms with Gasteiger partial charge in [0.1, 0.15) is 35.6 Å². The maximum Gasteiger partial charge on any atom is 0.323 e. The van der Waals surface area contributed by atoms with E-state index in [1.54, 1.807) is 6.07 Å². The lowest BCUT2D eigenvalue weighted by Gasteiger charge is -2.06. The largest absolute Gasteiger partial charge is 0.480 e. The van der Waals surface area contributed by atoms with E-state index in [0.29, 0.717) is 17.0 Å². The number of nitriles is 1. The van der Waals surface area contributed by atoms with Crippen molar-refractivity contribution in [2.45, 2.75) is 13.1 Å². The quantitative estimate of drug-likeness (QED) is 0.479. The van der Waals surface area contributed by atoms with Gasteiger partial charge in [-0.3, -0.25) is 9.59 Å². The number of carboxylic acid groups (broad SMARTS) is 1. The minimum Gasteiger partial charge on any atom is -0.480 e. The molecule has 0 aliphatic rings. The number of rotatable bonds is 6. The Kier molecular flexibility index (Phi) is 5.88. The van der Waals surface area contributed by atoms with Crippen molar-refractivity contribution in [3.8, 4) is 6.07 Å². The fourth-order valence-corrected chi connectivity index (χ4v) is 2.93. The van der Waals surface area contributed by atoms with Crippen LogP contribution < -0.4 is 5.32 Å². The number of nitrogens with one attached hydrogen (secondary N) is 1. The van der Waals surface area contributed by atoms with Crippen molar-refractivity contribution in [3.63, 3.8) is 0 Å². The first-order valence-corrected chi connectivity index (χ1v) is 8.62. The molecule has 0 fully saturated rings. The number of benzene rings is 2. The van der Waals surface area contributed by atoms with Gasteiger partial charge in [0.25, 0.3) is 5.91 Å². The Balaban J connectivity index is 1.90. The third kappa shape index (κ3) is 4.50. The molecule has 152 valence electrons. The van der Waals surface area contributed by atoms with Crippen molar-refractivity contribution in [2.24, 2.45) is 0 Å². The molecule has 0 aliphatic heterocycles. The lowest BCUT2D eigenvalue weighted by Crippen LogP contribution is -2.24. The van der Waals surface area contributed by atoms with Crippen molar-refractivity contribution >= 4 is 28.9 Å². The molecule has 1 heterocycles. The summed E-state index contributed by atoms with van der Waals surface area (Å²) in [6.45, 7) is -0.673. The molecule has 2 aromatic carbocycles. The zero-order valence-corrected chi connectivity index (χ0v) is 15.3. The highest BCUT2D eigenvalue weighted by Crippen LogP contribution is 2.25. The van der Waals surface area contributed by atoms with Gasteiger partial charge >= 0.3 is 5.97 Å². The van der Waals surface area contributed by atoms with Crippen LogP contribution in [0.1, 0.15) is 11.1 Å². The SMILES string of the molecule is N#C/C(=C\c1cn(CC(=O)O)c2ccc(F)cc12)C(=O)NCc1ccc(F)cc1F. The third-order valence-corrected chi connectivity index (χ3v) is 4.30. The van der Waals surface area contributed by atoms with Gasteiger partial charge in [-0.05, 0) is 30.3 Å². The van der Waals surface area contributed by atoms with Crippen LogP contribution in [-0.2, 0) is 22.7 Å². The normalized spacial score (nSPS) is 11.3. The Morgan fingerprint density at radius 2 is 1.83 bits per heavy atom. The molecule has 6 nitrogen and oxygen atoms in total. The maximum atomic E-state index is 13.7. The molecule has 3 aromatic rings. The Morgan fingerprint density at radius 1 is 1.13 bits per heavy atom. The minimum absolute atomic E-state index is 0.0298. The van der Waals surface area contributed by atoms with Gasteiger partial charge in [0.15, 0.2) is 0 Å². The van der Waals surface area contributed by atoms with Crippen LogP contribution in [0.3, 0.4) is 0 Å². The molecular weight excluding hydrogens is 399 g/mol. The van der Waals surface area contributed by atoms with E-state index in [1.807, 2.05) is 0 Å². The van der Waals surface area contributed by atoms with Gasteiger partial charge in [-0.1, -0.05) is 6.07 Å². The molecule has 2 N–H and O–H groups in total. The van der Waals surface area contributed by atoms with E-state index in [0.717, 1.165) is 6.07 Å². The average Bonchev–Trinajstić information content (AvgIpc) is 3.00. The molecule has 0 saturated heterocycles. The lowest BCUT2D eigenvalue weighted by atomic mass is 10.1. The lowest BCUT2D eigenvalue weighted by molar-refractivity contribution is -0.137. The number of halogens is 3. The second-order valence-electron chi connectivity index (χ2n) is 6.36. The first kappa shape index (κ1) is 20.7. The summed E-state index contributed by atoms with van der Waals surface area (Å²) in [5.74, 6) is -4.11. The third-order valence-electron chi connectivity index (χ3n) is 4.30. The highest BCUT2D eigenvalue weighted by molar-refractivity contribution is 6.04. The van der Waals surface area contributed by atoms with E-state index in [-0.39, 0.29) is 23.2 Å². The summed E-state index contributed by atoms with van der Waals surface area (Å²) in [5, 5.41) is 21.1. The zero-order valence-electron chi connectivity index (χ0n) is 15.3. The number of amides is 1. The average molecular weight is 413 g/mol. The number of nitrogens with zero attached hydrogens (tertiary/aromatic N) is 2. The molecule has 9 heteroatoms. The van der Waals surface area contributed by atoms with Crippen LogP contribution in [0.4, 0.5) is 13.2 Å². The van der Waals surface area contributed by atoms with E-state index < -0.39 is 35.9 Å². The molecule has 30 heavy (non-hydrogen) atoms. The molecule has 0 atom stereocenters. The summed E-state index contributed by atoms with van der Waals surface area (Å²) in [6, 6.07) is 8.33. The number of fused-ring (bicyclic) bond motifs is 1. The number of carbonyl (C=O) groups is 2. The summed E-state index contributed by atoms with van der Waals surface area (Å²) >= 11 is 0. The van der Waals surface area contributed by atoms with Crippen LogP contribution in [0.2, 0.25) is 0 Å². The summed E-state index contributed by atoms with van der Waals surface area (Å²) < 4.78 is 41.7. The molecule has 0 aliphatic carbocycles. The summed E-state index contributed by atoms with van der Waals surface area (Å²) in [7, 11) is 0. The van der Waals surface area contributed by atoms with Crippen LogP contribution in [0.15, 0.2) is 48.2 Å². The molecule has 0 radical (unpaired) electrons. The van der Waals surface area contributed by atoms with Gasteiger partial charge < -0.3 is 15.0 Å². The van der Waals surface area contributed by atoms with Crippen molar-refractivity contribution < 1.29 is 27.9 Å². The Morgan fingerprint density at radius 3 is 2.50 bits per heavy atom. The van der Waals surface area contributed by atoms with Crippen molar-refractivity contribution in [1.29, 1.82) is 5.26 Å². The maximum absolute atomic E-state index is 13.7. The number of aliphatic carboxylic acids is 1. The van der Waals surface area contributed by atoms with Gasteiger partial charge in [-0.15, -0.1) is 0 Å². The van der Waals surface area contributed by atoms with E-state index in [9.17, 15) is 28.0 Å². The van der Waals surface area contributed by atoms with Crippen molar-refractivity contribution in [3.05, 3.63) is 76.7 Å².